The first-order chi connectivity index (χ1) is 15.1. The molecule has 164 valence electrons. The molecule has 0 atom stereocenters. The molecule has 1 aromatic heterocycles. The van der Waals surface area contributed by atoms with Gasteiger partial charge in [0.25, 0.3) is 5.56 Å². The quantitative estimate of drug-likeness (QED) is 0.280. The van der Waals surface area contributed by atoms with Gasteiger partial charge in [0.2, 0.25) is 5.91 Å². The molecule has 0 spiro atoms. The molecule has 7 nitrogen and oxygen atoms in total. The van der Waals surface area contributed by atoms with Gasteiger partial charge in [0.15, 0.2) is 5.16 Å². The number of carbonyl (C=O) groups excluding carboxylic acids is 1. The van der Waals surface area contributed by atoms with Crippen LogP contribution < -0.4 is 15.6 Å². The van der Waals surface area contributed by atoms with Crippen LogP contribution in [0, 0.1) is 0 Å². The van der Waals surface area contributed by atoms with Crippen molar-refractivity contribution in [2.24, 2.45) is 0 Å². The van der Waals surface area contributed by atoms with E-state index in [0.717, 1.165) is 17.7 Å². The second-order valence-corrected chi connectivity index (χ2v) is 7.89. The Kier molecular flexibility index (Phi) is 8.49. The monoisotopic (exact) mass is 441 g/mol. The molecular formula is C23H27N3O4S. The summed E-state index contributed by atoms with van der Waals surface area (Å²) in [5.74, 6) is 0.908. The van der Waals surface area contributed by atoms with E-state index in [-0.39, 0.29) is 17.2 Å². The largest absolute Gasteiger partial charge is 0.497 e. The van der Waals surface area contributed by atoms with Gasteiger partial charge in [0, 0.05) is 26.8 Å². The van der Waals surface area contributed by atoms with Crippen LogP contribution >= 0.6 is 11.8 Å². The first-order valence-corrected chi connectivity index (χ1v) is 11.1. The van der Waals surface area contributed by atoms with Gasteiger partial charge in [-0.25, -0.2) is 4.98 Å². The van der Waals surface area contributed by atoms with Gasteiger partial charge in [0.05, 0.1) is 23.8 Å². The lowest BCUT2D eigenvalue weighted by atomic mass is 10.1. The third-order valence-electron chi connectivity index (χ3n) is 4.78. The first kappa shape index (κ1) is 22.8. The Morgan fingerprint density at radius 3 is 2.65 bits per heavy atom. The highest BCUT2D eigenvalue weighted by Gasteiger charge is 2.13. The fourth-order valence-corrected chi connectivity index (χ4v) is 4.00. The van der Waals surface area contributed by atoms with Crippen LogP contribution in [0.15, 0.2) is 58.5 Å². The molecule has 8 heteroatoms. The third kappa shape index (κ3) is 6.32. The number of fused-ring (bicyclic) bond motifs is 1. The average molecular weight is 442 g/mol. The van der Waals surface area contributed by atoms with Crippen LogP contribution in [0.25, 0.3) is 10.9 Å². The smallest absolute Gasteiger partial charge is 0.262 e. The maximum absolute atomic E-state index is 12.9. The van der Waals surface area contributed by atoms with E-state index in [4.69, 9.17) is 9.47 Å². The van der Waals surface area contributed by atoms with Gasteiger partial charge >= 0.3 is 0 Å². The highest BCUT2D eigenvalue weighted by atomic mass is 32.2. The Balaban J connectivity index is 1.61. The van der Waals surface area contributed by atoms with Crippen molar-refractivity contribution in [3.05, 3.63) is 64.4 Å². The highest BCUT2D eigenvalue weighted by Crippen LogP contribution is 2.18. The van der Waals surface area contributed by atoms with E-state index in [9.17, 15) is 9.59 Å². The van der Waals surface area contributed by atoms with E-state index >= 15 is 0 Å². The molecule has 0 aliphatic rings. The third-order valence-corrected chi connectivity index (χ3v) is 5.76. The molecule has 0 unspecified atom stereocenters. The predicted molar refractivity (Wildman–Crippen MR) is 123 cm³/mol. The Morgan fingerprint density at radius 1 is 1.13 bits per heavy atom. The molecule has 0 aliphatic carbocycles. The number of carbonyl (C=O) groups is 1. The maximum Gasteiger partial charge on any atom is 0.262 e. The number of methoxy groups -OCH3 is 2. The zero-order valence-corrected chi connectivity index (χ0v) is 18.6. The number of hydrogen-bond acceptors (Lipinski definition) is 6. The summed E-state index contributed by atoms with van der Waals surface area (Å²) < 4.78 is 11.9. The molecule has 1 amide bonds. The Hall–Kier alpha value is -2.84. The predicted octanol–water partition coefficient (Wildman–Crippen LogP) is 2.89. The number of para-hydroxylation sites is 1. The van der Waals surface area contributed by atoms with Crippen LogP contribution in [0.4, 0.5) is 0 Å². The van der Waals surface area contributed by atoms with Crippen molar-refractivity contribution in [2.45, 2.75) is 24.5 Å². The Labute approximate surface area is 185 Å². The second kappa shape index (κ2) is 11.5. The van der Waals surface area contributed by atoms with Crippen molar-refractivity contribution in [1.82, 2.24) is 14.9 Å². The van der Waals surface area contributed by atoms with E-state index < -0.39 is 0 Å². The van der Waals surface area contributed by atoms with Crippen molar-refractivity contribution in [3.8, 4) is 5.75 Å². The molecule has 31 heavy (non-hydrogen) atoms. The van der Waals surface area contributed by atoms with Crippen LogP contribution in [0.2, 0.25) is 0 Å². The van der Waals surface area contributed by atoms with Crippen LogP contribution in [0.3, 0.4) is 0 Å². The summed E-state index contributed by atoms with van der Waals surface area (Å²) in [5, 5.41) is 4.05. The SMILES string of the molecule is COCCCn1c(SCC(=O)NCCc2ccc(OC)cc2)nc2ccccc2c1=O. The number of amides is 1. The van der Waals surface area contributed by atoms with Crippen LogP contribution in [0.1, 0.15) is 12.0 Å². The topological polar surface area (TPSA) is 82.4 Å². The van der Waals surface area contributed by atoms with E-state index in [1.54, 1.807) is 24.9 Å². The second-order valence-electron chi connectivity index (χ2n) is 6.95. The van der Waals surface area contributed by atoms with Crippen LogP contribution in [-0.2, 0) is 22.5 Å². The number of rotatable bonds is 11. The molecule has 0 radical (unpaired) electrons. The molecule has 0 saturated carbocycles. The van der Waals surface area contributed by atoms with E-state index in [0.29, 0.717) is 42.2 Å². The number of hydrogen-bond donors (Lipinski definition) is 1. The van der Waals surface area contributed by atoms with Gasteiger partial charge < -0.3 is 14.8 Å². The van der Waals surface area contributed by atoms with Crippen molar-refractivity contribution < 1.29 is 14.3 Å². The van der Waals surface area contributed by atoms with Gasteiger partial charge in [-0.1, -0.05) is 36.0 Å². The van der Waals surface area contributed by atoms with E-state index in [2.05, 4.69) is 10.3 Å². The van der Waals surface area contributed by atoms with Crippen molar-refractivity contribution in [3.63, 3.8) is 0 Å². The minimum absolute atomic E-state index is 0.0932. The number of nitrogens with zero attached hydrogens (tertiary/aromatic N) is 2. The molecule has 0 saturated heterocycles. The fourth-order valence-electron chi connectivity index (χ4n) is 3.14. The molecule has 0 bridgehead atoms. The van der Waals surface area contributed by atoms with Crippen molar-refractivity contribution in [2.75, 3.05) is 33.1 Å². The molecule has 1 heterocycles. The fraction of sp³-hybridized carbons (Fsp3) is 0.348. The molecule has 2 aromatic carbocycles. The summed E-state index contributed by atoms with van der Waals surface area (Å²) in [6.45, 7) is 1.58. The summed E-state index contributed by atoms with van der Waals surface area (Å²) in [5.41, 5.74) is 1.67. The number of nitrogens with one attached hydrogen (secondary N) is 1. The average Bonchev–Trinajstić information content (AvgIpc) is 2.80. The maximum atomic E-state index is 12.9. The molecule has 0 aliphatic heterocycles. The standard InChI is InChI=1S/C23H27N3O4S/c1-29-15-5-14-26-22(28)19-6-3-4-7-20(19)25-23(26)31-16-21(27)24-13-12-17-8-10-18(30-2)11-9-17/h3-4,6-11H,5,12-16H2,1-2H3,(H,24,27). The van der Waals surface area contributed by atoms with Gasteiger partial charge in [-0.15, -0.1) is 0 Å². The summed E-state index contributed by atoms with van der Waals surface area (Å²) in [6.07, 6.45) is 1.42. The van der Waals surface area contributed by atoms with Gasteiger partial charge in [-0.2, -0.15) is 0 Å². The van der Waals surface area contributed by atoms with E-state index in [1.807, 2.05) is 42.5 Å². The van der Waals surface area contributed by atoms with Gasteiger partial charge in [-0.3, -0.25) is 14.2 Å². The van der Waals surface area contributed by atoms with Gasteiger partial charge in [-0.05, 0) is 42.7 Å². The zero-order valence-electron chi connectivity index (χ0n) is 17.8. The number of benzene rings is 2. The summed E-state index contributed by atoms with van der Waals surface area (Å²) in [7, 11) is 3.27. The lowest BCUT2D eigenvalue weighted by molar-refractivity contribution is -0.118. The number of thioether (sulfide) groups is 1. The zero-order chi connectivity index (χ0) is 22.1. The molecule has 3 rings (SSSR count). The molecule has 0 fully saturated rings. The molecular weight excluding hydrogens is 414 g/mol. The van der Waals surface area contributed by atoms with Gasteiger partial charge in [0.1, 0.15) is 5.75 Å². The summed E-state index contributed by atoms with van der Waals surface area (Å²) in [4.78, 5) is 29.9. The lowest BCUT2D eigenvalue weighted by Gasteiger charge is -2.13. The summed E-state index contributed by atoms with van der Waals surface area (Å²) in [6, 6.07) is 15.0. The van der Waals surface area contributed by atoms with E-state index in [1.165, 1.54) is 11.8 Å². The molecule has 3 aromatic rings. The minimum Gasteiger partial charge on any atom is -0.497 e. The lowest BCUT2D eigenvalue weighted by Crippen LogP contribution is -2.28. The highest BCUT2D eigenvalue weighted by molar-refractivity contribution is 7.99. The Bertz CT molecular complexity index is 1070. The van der Waals surface area contributed by atoms with Crippen molar-refractivity contribution in [1.29, 1.82) is 0 Å². The number of ether oxygens (including phenoxy) is 2. The normalized spacial score (nSPS) is 10.9. The summed E-state index contributed by atoms with van der Waals surface area (Å²) >= 11 is 1.28. The number of aromatic nitrogens is 2. The van der Waals surface area contributed by atoms with Crippen LogP contribution in [0.5, 0.6) is 5.75 Å². The Morgan fingerprint density at radius 2 is 1.90 bits per heavy atom. The molecule has 1 N–H and O–H groups in total. The van der Waals surface area contributed by atoms with Crippen LogP contribution in [-0.4, -0.2) is 48.6 Å². The minimum atomic E-state index is -0.0934. The first-order valence-electron chi connectivity index (χ1n) is 10.1. The van der Waals surface area contributed by atoms with Crippen molar-refractivity contribution >= 4 is 28.6 Å².